The van der Waals surface area contributed by atoms with Crippen LogP contribution in [0.3, 0.4) is 0 Å². The van der Waals surface area contributed by atoms with Crippen LogP contribution in [0.2, 0.25) is 0 Å². The normalized spacial score (nSPS) is 14.6. The number of nitrogens with zero attached hydrogens (tertiary/aromatic N) is 2. The lowest BCUT2D eigenvalue weighted by Gasteiger charge is -2.18. The van der Waals surface area contributed by atoms with Crippen LogP contribution in [0, 0.1) is 0 Å². The average molecular weight is 260 g/mol. The molecule has 0 N–H and O–H groups in total. The van der Waals surface area contributed by atoms with Gasteiger partial charge in [-0.25, -0.2) is 4.98 Å². The maximum Gasteiger partial charge on any atom is 0.273 e. The van der Waals surface area contributed by atoms with Crippen LogP contribution < -0.4 is 4.74 Å². The van der Waals surface area contributed by atoms with Gasteiger partial charge in [0.25, 0.3) is 5.91 Å². The third-order valence-electron chi connectivity index (χ3n) is 2.89. The van der Waals surface area contributed by atoms with Crippen LogP contribution in [-0.4, -0.2) is 28.9 Å². The first kappa shape index (κ1) is 11.2. The lowest BCUT2D eigenvalue weighted by Crippen LogP contribution is -2.32. The maximum absolute atomic E-state index is 12.2. The summed E-state index contributed by atoms with van der Waals surface area (Å²) in [5.41, 5.74) is 3.23. The number of fused-ring (bicyclic) bond motifs is 1. The van der Waals surface area contributed by atoms with Gasteiger partial charge in [-0.1, -0.05) is 18.2 Å². The first-order valence-corrected chi connectivity index (χ1v) is 6.67. The van der Waals surface area contributed by atoms with Crippen molar-refractivity contribution in [2.75, 3.05) is 13.2 Å². The molecule has 1 aliphatic rings. The predicted molar refractivity (Wildman–Crippen MR) is 68.8 cm³/mol. The Balaban J connectivity index is 1.85. The molecule has 0 unspecified atom stereocenters. The molecule has 1 aromatic heterocycles. The summed E-state index contributed by atoms with van der Waals surface area (Å²) >= 11 is 1.43. The molecule has 0 spiro atoms. The van der Waals surface area contributed by atoms with E-state index in [2.05, 4.69) is 4.98 Å². The molecule has 2 heterocycles. The first-order valence-electron chi connectivity index (χ1n) is 5.73. The largest absolute Gasteiger partial charge is 0.491 e. The van der Waals surface area contributed by atoms with E-state index in [-0.39, 0.29) is 5.91 Å². The second-order valence-electron chi connectivity index (χ2n) is 4.06. The van der Waals surface area contributed by atoms with Gasteiger partial charge in [0.2, 0.25) is 0 Å². The number of carbonyl (C=O) groups excluding carboxylic acids is 1. The summed E-state index contributed by atoms with van der Waals surface area (Å²) in [6, 6.07) is 7.82. The summed E-state index contributed by atoms with van der Waals surface area (Å²) in [7, 11) is 0. The maximum atomic E-state index is 12.2. The number of hydrogen-bond donors (Lipinski definition) is 0. The highest BCUT2D eigenvalue weighted by molar-refractivity contribution is 7.07. The van der Waals surface area contributed by atoms with Crippen molar-refractivity contribution >= 4 is 17.2 Å². The standard InChI is InChI=1S/C13H12N2O2S/c16-13(11-8-18-9-14-11)15-5-6-17-12-4-2-1-3-10(12)7-15/h1-4,8-9H,5-7H2. The topological polar surface area (TPSA) is 42.4 Å². The number of aromatic nitrogens is 1. The summed E-state index contributed by atoms with van der Waals surface area (Å²) in [5.74, 6) is 0.836. The van der Waals surface area contributed by atoms with Gasteiger partial charge in [0.15, 0.2) is 0 Å². The van der Waals surface area contributed by atoms with Crippen LogP contribution in [-0.2, 0) is 6.54 Å². The van der Waals surface area contributed by atoms with Gasteiger partial charge in [0.05, 0.1) is 12.1 Å². The van der Waals surface area contributed by atoms with E-state index in [4.69, 9.17) is 4.74 Å². The zero-order valence-electron chi connectivity index (χ0n) is 9.70. The fourth-order valence-electron chi connectivity index (χ4n) is 1.98. The fraction of sp³-hybridized carbons (Fsp3) is 0.231. The Kier molecular flexibility index (Phi) is 2.98. The van der Waals surface area contributed by atoms with E-state index >= 15 is 0 Å². The van der Waals surface area contributed by atoms with E-state index in [1.807, 2.05) is 24.3 Å². The summed E-state index contributed by atoms with van der Waals surface area (Å²) in [5, 5.41) is 1.78. The minimum atomic E-state index is -0.0310. The SMILES string of the molecule is O=C(c1cscn1)N1CCOc2ccccc2C1. The van der Waals surface area contributed by atoms with Crippen LogP contribution in [0.5, 0.6) is 5.75 Å². The molecule has 1 amide bonds. The molecule has 0 saturated carbocycles. The third kappa shape index (κ3) is 2.09. The van der Waals surface area contributed by atoms with Crippen molar-refractivity contribution in [1.82, 2.24) is 9.88 Å². The highest BCUT2D eigenvalue weighted by atomic mass is 32.1. The van der Waals surface area contributed by atoms with Crippen LogP contribution in [0.4, 0.5) is 0 Å². The van der Waals surface area contributed by atoms with E-state index < -0.39 is 0 Å². The van der Waals surface area contributed by atoms with Gasteiger partial charge < -0.3 is 9.64 Å². The van der Waals surface area contributed by atoms with Crippen LogP contribution in [0.1, 0.15) is 16.1 Å². The van der Waals surface area contributed by atoms with Crippen molar-refractivity contribution < 1.29 is 9.53 Å². The number of amides is 1. The van der Waals surface area contributed by atoms with E-state index in [0.29, 0.717) is 25.4 Å². The summed E-state index contributed by atoms with van der Waals surface area (Å²) in [6.07, 6.45) is 0. The minimum absolute atomic E-state index is 0.0310. The van der Waals surface area contributed by atoms with Crippen LogP contribution in [0.15, 0.2) is 35.2 Å². The lowest BCUT2D eigenvalue weighted by molar-refractivity contribution is 0.0728. The van der Waals surface area contributed by atoms with Gasteiger partial charge in [0, 0.05) is 17.5 Å². The molecule has 18 heavy (non-hydrogen) atoms. The molecule has 0 bridgehead atoms. The van der Waals surface area contributed by atoms with Gasteiger partial charge in [-0.2, -0.15) is 0 Å². The van der Waals surface area contributed by atoms with Crippen molar-refractivity contribution in [1.29, 1.82) is 0 Å². The number of ether oxygens (including phenoxy) is 1. The molecular weight excluding hydrogens is 248 g/mol. The Morgan fingerprint density at radius 1 is 1.39 bits per heavy atom. The molecule has 0 atom stereocenters. The molecule has 5 heteroatoms. The Hall–Kier alpha value is -1.88. The van der Waals surface area contributed by atoms with Crippen molar-refractivity contribution in [3.05, 3.63) is 46.4 Å². The number of hydrogen-bond acceptors (Lipinski definition) is 4. The van der Waals surface area contributed by atoms with Gasteiger partial charge in [-0.3, -0.25) is 4.79 Å². The zero-order chi connectivity index (χ0) is 12.4. The van der Waals surface area contributed by atoms with Crippen LogP contribution >= 0.6 is 11.3 Å². The van der Waals surface area contributed by atoms with Gasteiger partial charge in [-0.05, 0) is 6.07 Å². The first-order chi connectivity index (χ1) is 8.84. The molecule has 92 valence electrons. The Bertz CT molecular complexity index is 554. The van der Waals surface area contributed by atoms with Crippen molar-refractivity contribution in [2.45, 2.75) is 6.54 Å². The molecular formula is C13H12N2O2S. The van der Waals surface area contributed by atoms with E-state index in [1.165, 1.54) is 11.3 Å². The molecule has 0 radical (unpaired) electrons. The molecule has 2 aromatic rings. The van der Waals surface area contributed by atoms with Crippen LogP contribution in [0.25, 0.3) is 0 Å². The number of para-hydroxylation sites is 1. The molecule has 3 rings (SSSR count). The van der Waals surface area contributed by atoms with Crippen molar-refractivity contribution in [2.24, 2.45) is 0 Å². The predicted octanol–water partition coefficient (Wildman–Crippen LogP) is 2.18. The second kappa shape index (κ2) is 4.78. The van der Waals surface area contributed by atoms with Crippen molar-refractivity contribution in [3.63, 3.8) is 0 Å². The van der Waals surface area contributed by atoms with Gasteiger partial charge in [-0.15, -0.1) is 11.3 Å². The molecule has 1 aliphatic heterocycles. The number of thiazole rings is 1. The Morgan fingerprint density at radius 3 is 3.11 bits per heavy atom. The zero-order valence-corrected chi connectivity index (χ0v) is 10.5. The molecule has 4 nitrogen and oxygen atoms in total. The lowest BCUT2D eigenvalue weighted by atomic mass is 10.2. The molecule has 1 aromatic carbocycles. The fourth-order valence-corrected chi connectivity index (χ4v) is 2.51. The number of rotatable bonds is 1. The van der Waals surface area contributed by atoms with Crippen molar-refractivity contribution in [3.8, 4) is 5.75 Å². The highest BCUT2D eigenvalue weighted by Crippen LogP contribution is 2.23. The Morgan fingerprint density at radius 2 is 2.28 bits per heavy atom. The van der Waals surface area contributed by atoms with Gasteiger partial charge >= 0.3 is 0 Å². The number of carbonyl (C=O) groups is 1. The highest BCUT2D eigenvalue weighted by Gasteiger charge is 2.21. The Labute approximate surface area is 109 Å². The molecule has 0 aliphatic carbocycles. The monoisotopic (exact) mass is 260 g/mol. The second-order valence-corrected chi connectivity index (χ2v) is 4.78. The minimum Gasteiger partial charge on any atom is -0.491 e. The molecule has 0 fully saturated rings. The summed E-state index contributed by atoms with van der Waals surface area (Å²) < 4.78 is 5.63. The summed E-state index contributed by atoms with van der Waals surface area (Å²) in [6.45, 7) is 1.68. The smallest absolute Gasteiger partial charge is 0.273 e. The van der Waals surface area contributed by atoms with E-state index in [9.17, 15) is 4.79 Å². The van der Waals surface area contributed by atoms with Gasteiger partial charge in [0.1, 0.15) is 18.1 Å². The average Bonchev–Trinajstić information content (AvgIpc) is 2.84. The van der Waals surface area contributed by atoms with E-state index in [0.717, 1.165) is 11.3 Å². The quantitative estimate of drug-likeness (QED) is 0.789. The molecule has 0 saturated heterocycles. The summed E-state index contributed by atoms with van der Waals surface area (Å²) in [4.78, 5) is 18.1. The third-order valence-corrected chi connectivity index (χ3v) is 3.48. The number of benzene rings is 1. The van der Waals surface area contributed by atoms with E-state index in [1.54, 1.807) is 15.8 Å².